The van der Waals surface area contributed by atoms with E-state index in [-0.39, 0.29) is 30.2 Å². The first-order valence-corrected chi connectivity index (χ1v) is 9.94. The van der Waals surface area contributed by atoms with Gasteiger partial charge in [0.25, 0.3) is 0 Å². The van der Waals surface area contributed by atoms with Crippen molar-refractivity contribution < 1.29 is 28.8 Å². The molecule has 5 nitrogen and oxygen atoms in total. The monoisotopic (exact) mass is 380 g/mol. The summed E-state index contributed by atoms with van der Waals surface area (Å²) < 4.78 is 31.0. The van der Waals surface area contributed by atoms with Gasteiger partial charge < -0.3 is 24.4 Å². The second kappa shape index (κ2) is 7.08. The van der Waals surface area contributed by atoms with Crippen LogP contribution in [0.15, 0.2) is 24.3 Å². The Balaban J connectivity index is 1.55. The van der Waals surface area contributed by atoms with Crippen molar-refractivity contribution in [1.29, 1.82) is 0 Å². The van der Waals surface area contributed by atoms with Gasteiger partial charge in [0.2, 0.25) is 0 Å². The highest BCUT2D eigenvalue weighted by Gasteiger charge is 2.62. The van der Waals surface area contributed by atoms with Crippen LogP contribution in [0.1, 0.15) is 51.5 Å². The maximum Gasteiger partial charge on any atom is 0.193 e. The molecule has 1 aliphatic carbocycles. The standard InChI is InChI=1S/C21H29FO5/c1-13-17-5-3-4-15-10-11-20(2,23)27-19(21(15,17)24)26-18(13)25-12-14-6-8-16(22)9-7-14/h6-9,13,15,17-19,23-24H,3-5,10-12H2,1-2H3/t13-,15?,17?,18?,19-,20+,21-/m1/s1. The quantitative estimate of drug-likeness (QED) is 0.842. The summed E-state index contributed by atoms with van der Waals surface area (Å²) in [5.74, 6) is -1.59. The molecule has 0 amide bonds. The fraction of sp³-hybridized carbons (Fsp3) is 0.714. The summed E-state index contributed by atoms with van der Waals surface area (Å²) in [5, 5.41) is 22.2. The molecule has 2 aliphatic heterocycles. The molecule has 3 fully saturated rings. The number of benzene rings is 1. The van der Waals surface area contributed by atoms with Gasteiger partial charge in [-0.15, -0.1) is 0 Å². The average molecular weight is 380 g/mol. The summed E-state index contributed by atoms with van der Waals surface area (Å²) >= 11 is 0. The van der Waals surface area contributed by atoms with Crippen molar-refractivity contribution in [3.63, 3.8) is 0 Å². The van der Waals surface area contributed by atoms with Crippen LogP contribution in [0.25, 0.3) is 0 Å². The molecule has 4 rings (SSSR count). The predicted octanol–water partition coefficient (Wildman–Crippen LogP) is 3.33. The van der Waals surface area contributed by atoms with Crippen LogP contribution >= 0.6 is 0 Å². The molecule has 0 spiro atoms. The number of ether oxygens (including phenoxy) is 3. The lowest BCUT2D eigenvalue weighted by atomic mass is 9.61. The fourth-order valence-electron chi connectivity index (χ4n) is 5.12. The van der Waals surface area contributed by atoms with E-state index in [0.29, 0.717) is 12.8 Å². The summed E-state index contributed by atoms with van der Waals surface area (Å²) in [6.45, 7) is 3.95. The van der Waals surface area contributed by atoms with Gasteiger partial charge in [-0.05, 0) is 49.8 Å². The smallest absolute Gasteiger partial charge is 0.193 e. The highest BCUT2D eigenvalue weighted by molar-refractivity contribution is 5.15. The third-order valence-corrected chi connectivity index (χ3v) is 6.66. The van der Waals surface area contributed by atoms with Crippen LogP contribution in [0.3, 0.4) is 0 Å². The van der Waals surface area contributed by atoms with Gasteiger partial charge in [0.15, 0.2) is 18.4 Å². The molecule has 1 aromatic carbocycles. The van der Waals surface area contributed by atoms with Crippen molar-refractivity contribution >= 4 is 0 Å². The minimum atomic E-state index is -1.33. The Kier molecular flexibility index (Phi) is 5.06. The van der Waals surface area contributed by atoms with E-state index >= 15 is 0 Å². The van der Waals surface area contributed by atoms with Crippen molar-refractivity contribution in [1.82, 2.24) is 0 Å². The fourth-order valence-corrected chi connectivity index (χ4v) is 5.12. The first kappa shape index (κ1) is 19.3. The van der Waals surface area contributed by atoms with E-state index in [1.54, 1.807) is 19.1 Å². The van der Waals surface area contributed by atoms with Crippen molar-refractivity contribution in [2.75, 3.05) is 0 Å². The van der Waals surface area contributed by atoms with E-state index in [0.717, 1.165) is 24.8 Å². The zero-order valence-electron chi connectivity index (χ0n) is 15.9. The molecule has 3 aliphatic rings. The number of aliphatic hydroxyl groups is 2. The molecule has 0 aromatic heterocycles. The molecular weight excluding hydrogens is 351 g/mol. The number of hydrogen-bond donors (Lipinski definition) is 2. The van der Waals surface area contributed by atoms with Crippen molar-refractivity contribution in [2.45, 2.75) is 76.5 Å². The molecular formula is C21H29FO5. The van der Waals surface area contributed by atoms with Crippen LogP contribution in [0.5, 0.6) is 0 Å². The van der Waals surface area contributed by atoms with E-state index in [2.05, 4.69) is 0 Å². The Morgan fingerprint density at radius 1 is 1.19 bits per heavy atom. The summed E-state index contributed by atoms with van der Waals surface area (Å²) in [7, 11) is 0. The largest absolute Gasteiger partial charge is 0.384 e. The normalized spacial score (nSPS) is 44.4. The van der Waals surface area contributed by atoms with Crippen molar-refractivity contribution in [3.8, 4) is 0 Å². The van der Waals surface area contributed by atoms with Crippen molar-refractivity contribution in [2.24, 2.45) is 17.8 Å². The van der Waals surface area contributed by atoms with Crippen LogP contribution in [0.2, 0.25) is 0 Å². The van der Waals surface area contributed by atoms with Crippen molar-refractivity contribution in [3.05, 3.63) is 35.6 Å². The van der Waals surface area contributed by atoms with Gasteiger partial charge in [0.05, 0.1) is 6.61 Å². The minimum Gasteiger partial charge on any atom is -0.384 e. The van der Waals surface area contributed by atoms with E-state index in [9.17, 15) is 14.6 Å². The highest BCUT2D eigenvalue weighted by atomic mass is 19.1. The second-order valence-corrected chi connectivity index (χ2v) is 8.59. The first-order valence-electron chi connectivity index (χ1n) is 9.94. The number of hydrogen-bond acceptors (Lipinski definition) is 5. The first-order chi connectivity index (χ1) is 12.8. The molecule has 0 bridgehead atoms. The molecule has 1 saturated carbocycles. The lowest BCUT2D eigenvalue weighted by molar-refractivity contribution is -0.407. The molecule has 2 heterocycles. The topological polar surface area (TPSA) is 68.2 Å². The molecule has 0 radical (unpaired) electrons. The van der Waals surface area contributed by atoms with Gasteiger partial charge in [0.1, 0.15) is 11.4 Å². The molecule has 150 valence electrons. The second-order valence-electron chi connectivity index (χ2n) is 8.59. The third kappa shape index (κ3) is 3.54. The summed E-state index contributed by atoms with van der Waals surface area (Å²) in [5.41, 5.74) is -0.253. The van der Waals surface area contributed by atoms with Crippen LogP contribution in [0, 0.1) is 23.6 Å². The third-order valence-electron chi connectivity index (χ3n) is 6.66. The number of halogens is 1. The zero-order valence-corrected chi connectivity index (χ0v) is 15.9. The summed E-state index contributed by atoms with van der Waals surface area (Å²) in [4.78, 5) is 0. The van der Waals surface area contributed by atoms with E-state index in [1.807, 2.05) is 6.92 Å². The summed E-state index contributed by atoms with van der Waals surface area (Å²) in [6, 6.07) is 6.17. The van der Waals surface area contributed by atoms with E-state index in [1.165, 1.54) is 12.1 Å². The molecule has 1 aromatic rings. The van der Waals surface area contributed by atoms with E-state index in [4.69, 9.17) is 14.2 Å². The minimum absolute atomic E-state index is 0.0119. The van der Waals surface area contributed by atoms with Crippen LogP contribution in [-0.2, 0) is 20.8 Å². The van der Waals surface area contributed by atoms with Gasteiger partial charge in [-0.2, -0.15) is 0 Å². The van der Waals surface area contributed by atoms with Gasteiger partial charge in [0, 0.05) is 18.3 Å². The molecule has 7 atom stereocenters. The van der Waals surface area contributed by atoms with Gasteiger partial charge in [-0.25, -0.2) is 4.39 Å². The molecule has 27 heavy (non-hydrogen) atoms. The van der Waals surface area contributed by atoms with Gasteiger partial charge in [-0.1, -0.05) is 25.5 Å². The Hall–Kier alpha value is -1.05. The SMILES string of the molecule is C[C@H]1C(OCc2ccc(F)cc2)O[C@@H]2O[C@](C)(O)CCC3CCCC1[C@]32O. The number of rotatable bonds is 3. The predicted molar refractivity (Wildman–Crippen MR) is 95.7 cm³/mol. The Morgan fingerprint density at radius 3 is 2.67 bits per heavy atom. The highest BCUT2D eigenvalue weighted by Crippen LogP contribution is 2.54. The van der Waals surface area contributed by atoms with Crippen LogP contribution < -0.4 is 0 Å². The van der Waals surface area contributed by atoms with Gasteiger partial charge in [-0.3, -0.25) is 0 Å². The summed E-state index contributed by atoms with van der Waals surface area (Å²) in [6.07, 6.45) is 2.56. The maximum absolute atomic E-state index is 13.1. The molecule has 2 N–H and O–H groups in total. The molecule has 6 heteroatoms. The van der Waals surface area contributed by atoms with Crippen LogP contribution in [-0.4, -0.2) is 34.2 Å². The molecule has 2 saturated heterocycles. The lowest BCUT2D eigenvalue weighted by Gasteiger charge is -2.55. The van der Waals surface area contributed by atoms with Crippen LogP contribution in [0.4, 0.5) is 4.39 Å². The molecule has 3 unspecified atom stereocenters. The zero-order chi connectivity index (χ0) is 19.2. The maximum atomic E-state index is 13.1. The average Bonchev–Trinajstić information content (AvgIpc) is 2.72. The Morgan fingerprint density at radius 2 is 1.93 bits per heavy atom. The van der Waals surface area contributed by atoms with Gasteiger partial charge >= 0.3 is 0 Å². The van der Waals surface area contributed by atoms with E-state index < -0.39 is 24.0 Å². The Bertz CT molecular complexity index is 663. The Labute approximate surface area is 159 Å². The lowest BCUT2D eigenvalue weighted by Crippen LogP contribution is -2.65.